The molecule has 3 aliphatic heterocycles. The molecule has 10 heteroatoms. The third kappa shape index (κ3) is 2.96. The number of fused-ring (bicyclic) bond motifs is 6. The Balaban J connectivity index is 1.30. The molecule has 5 atom stereocenters. The van der Waals surface area contributed by atoms with Crippen molar-refractivity contribution in [3.63, 3.8) is 0 Å². The van der Waals surface area contributed by atoms with Gasteiger partial charge in [0.15, 0.2) is 0 Å². The summed E-state index contributed by atoms with van der Waals surface area (Å²) in [5.41, 5.74) is 0.955. The van der Waals surface area contributed by atoms with Gasteiger partial charge < -0.3 is 14.6 Å². The zero-order chi connectivity index (χ0) is 23.0. The van der Waals surface area contributed by atoms with Crippen molar-refractivity contribution in [3.8, 4) is 5.88 Å². The number of imide groups is 1. The van der Waals surface area contributed by atoms with Gasteiger partial charge in [-0.25, -0.2) is 14.9 Å². The highest BCUT2D eigenvalue weighted by molar-refractivity contribution is 7.16. The Morgan fingerprint density at radius 3 is 2.85 bits per heavy atom. The highest BCUT2D eigenvalue weighted by Gasteiger charge is 2.77. The molecule has 5 heterocycles. The molecule has 2 aromatic heterocycles. The number of ether oxygens (including phenoxy) is 2. The maximum absolute atomic E-state index is 13.7. The van der Waals surface area contributed by atoms with Gasteiger partial charge in [0.05, 0.1) is 56.6 Å². The molecule has 3 saturated heterocycles. The van der Waals surface area contributed by atoms with E-state index in [1.807, 2.05) is 6.07 Å². The number of nitrogens with zero attached hydrogens (tertiary/aromatic N) is 3. The molecule has 6 rings (SSSR count). The summed E-state index contributed by atoms with van der Waals surface area (Å²) < 4.78 is 13.0. The minimum absolute atomic E-state index is 0.217. The number of amides is 2. The Labute approximate surface area is 198 Å². The normalized spacial score (nSPS) is 32.7. The number of aromatic nitrogens is 2. The molecule has 2 bridgehead atoms. The summed E-state index contributed by atoms with van der Waals surface area (Å²) in [7, 11) is 0. The van der Waals surface area contributed by atoms with Gasteiger partial charge in [-0.05, 0) is 31.2 Å². The van der Waals surface area contributed by atoms with Gasteiger partial charge >= 0.3 is 0 Å². The van der Waals surface area contributed by atoms with Crippen LogP contribution in [0.25, 0.3) is 10.2 Å². The van der Waals surface area contributed by atoms with E-state index < -0.39 is 29.1 Å². The van der Waals surface area contributed by atoms with E-state index in [2.05, 4.69) is 9.97 Å². The SMILES string of the molecule is CC12OC(CCOc3ccc(Cl)cn3)(C[C@@H]1O)C1C(=O)N(c3ccc4ncsc4c3)C(=O)[C@H]12. The molecule has 170 valence electrons. The number of anilines is 1. The molecule has 0 saturated carbocycles. The van der Waals surface area contributed by atoms with Crippen LogP contribution in [0.15, 0.2) is 42.0 Å². The summed E-state index contributed by atoms with van der Waals surface area (Å²) in [5.74, 6) is -1.66. The van der Waals surface area contributed by atoms with Crippen LogP contribution >= 0.6 is 22.9 Å². The predicted octanol–water partition coefficient (Wildman–Crippen LogP) is 3.21. The van der Waals surface area contributed by atoms with Crippen molar-refractivity contribution in [1.82, 2.24) is 9.97 Å². The van der Waals surface area contributed by atoms with E-state index in [1.165, 1.54) is 22.4 Å². The molecule has 3 aliphatic rings. The molecule has 1 aromatic carbocycles. The van der Waals surface area contributed by atoms with Crippen LogP contribution in [0.3, 0.4) is 0 Å². The van der Waals surface area contributed by atoms with Crippen LogP contribution in [-0.4, -0.2) is 50.8 Å². The van der Waals surface area contributed by atoms with Crippen molar-refractivity contribution in [2.24, 2.45) is 11.8 Å². The van der Waals surface area contributed by atoms with E-state index in [0.29, 0.717) is 23.0 Å². The molecular weight excluding hydrogens is 466 g/mol. The minimum Gasteiger partial charge on any atom is -0.478 e. The molecule has 3 aromatic rings. The number of rotatable bonds is 5. The summed E-state index contributed by atoms with van der Waals surface area (Å²) in [6.45, 7) is 1.95. The minimum atomic E-state index is -1.13. The Morgan fingerprint density at radius 1 is 1.24 bits per heavy atom. The van der Waals surface area contributed by atoms with Crippen molar-refractivity contribution >= 4 is 50.7 Å². The van der Waals surface area contributed by atoms with Crippen molar-refractivity contribution in [2.75, 3.05) is 11.5 Å². The molecule has 33 heavy (non-hydrogen) atoms. The smallest absolute Gasteiger partial charge is 0.240 e. The fourth-order valence-electron chi connectivity index (χ4n) is 5.64. The number of pyridine rings is 1. The molecule has 2 amide bonds. The third-order valence-electron chi connectivity index (χ3n) is 7.16. The number of carbonyl (C=O) groups excluding carboxylic acids is 2. The Morgan fingerprint density at radius 2 is 2.06 bits per heavy atom. The fraction of sp³-hybridized carbons (Fsp3) is 0.391. The average Bonchev–Trinajstić information content (AvgIpc) is 3.48. The number of aliphatic hydroxyl groups excluding tert-OH is 1. The first-order valence-corrected chi connectivity index (χ1v) is 11.9. The van der Waals surface area contributed by atoms with E-state index >= 15 is 0 Å². The molecule has 3 fully saturated rings. The number of halogens is 1. The highest BCUT2D eigenvalue weighted by atomic mass is 35.5. The molecule has 0 aliphatic carbocycles. The van der Waals surface area contributed by atoms with Crippen LogP contribution < -0.4 is 9.64 Å². The van der Waals surface area contributed by atoms with E-state index in [-0.39, 0.29) is 24.8 Å². The molecule has 0 spiro atoms. The Kier molecular flexibility index (Phi) is 4.58. The van der Waals surface area contributed by atoms with Crippen LogP contribution in [0.2, 0.25) is 5.02 Å². The van der Waals surface area contributed by atoms with E-state index in [9.17, 15) is 14.7 Å². The van der Waals surface area contributed by atoms with Gasteiger partial charge in [0, 0.05) is 25.1 Å². The number of hydrogen-bond donors (Lipinski definition) is 1. The van der Waals surface area contributed by atoms with Crippen LogP contribution in [0.4, 0.5) is 5.69 Å². The first kappa shape index (κ1) is 21.0. The van der Waals surface area contributed by atoms with Gasteiger partial charge in [0.1, 0.15) is 5.60 Å². The van der Waals surface area contributed by atoms with Gasteiger partial charge in [-0.3, -0.25) is 9.59 Å². The summed E-state index contributed by atoms with van der Waals surface area (Å²) in [6.07, 6.45) is 1.24. The van der Waals surface area contributed by atoms with Crippen molar-refractivity contribution in [2.45, 2.75) is 37.1 Å². The van der Waals surface area contributed by atoms with Gasteiger partial charge in [-0.1, -0.05) is 11.6 Å². The molecule has 3 unspecified atom stereocenters. The second-order valence-corrected chi connectivity index (χ2v) is 10.3. The van der Waals surface area contributed by atoms with Crippen LogP contribution in [0.5, 0.6) is 5.88 Å². The lowest BCUT2D eigenvalue weighted by atomic mass is 9.66. The average molecular weight is 486 g/mol. The molecular formula is C23H20ClN3O5S. The largest absolute Gasteiger partial charge is 0.478 e. The molecule has 8 nitrogen and oxygen atoms in total. The van der Waals surface area contributed by atoms with Crippen molar-refractivity contribution in [3.05, 3.63) is 47.1 Å². The summed E-state index contributed by atoms with van der Waals surface area (Å²) in [5, 5.41) is 11.3. The first-order valence-electron chi connectivity index (χ1n) is 10.7. The number of thiazole rings is 1. The Hall–Kier alpha value is -2.59. The van der Waals surface area contributed by atoms with E-state index in [0.717, 1.165) is 10.2 Å². The zero-order valence-corrected chi connectivity index (χ0v) is 19.2. The van der Waals surface area contributed by atoms with Crippen molar-refractivity contribution in [1.29, 1.82) is 0 Å². The lowest BCUT2D eigenvalue weighted by Crippen LogP contribution is -2.49. The Bertz CT molecular complexity index is 1280. The third-order valence-corrected chi connectivity index (χ3v) is 8.18. The van der Waals surface area contributed by atoms with Crippen LogP contribution in [0.1, 0.15) is 19.8 Å². The number of carbonyl (C=O) groups is 2. The number of benzene rings is 1. The van der Waals surface area contributed by atoms with Crippen LogP contribution in [-0.2, 0) is 14.3 Å². The maximum Gasteiger partial charge on any atom is 0.240 e. The molecule has 0 radical (unpaired) electrons. The van der Waals surface area contributed by atoms with E-state index in [1.54, 1.807) is 36.7 Å². The van der Waals surface area contributed by atoms with Crippen molar-refractivity contribution < 1.29 is 24.2 Å². The van der Waals surface area contributed by atoms with Gasteiger partial charge in [0.25, 0.3) is 0 Å². The van der Waals surface area contributed by atoms with Gasteiger partial charge in [0.2, 0.25) is 17.7 Å². The summed E-state index contributed by atoms with van der Waals surface area (Å²) in [4.78, 5) is 36.8. The van der Waals surface area contributed by atoms with Gasteiger partial charge in [-0.2, -0.15) is 0 Å². The monoisotopic (exact) mass is 485 g/mol. The maximum atomic E-state index is 13.7. The van der Waals surface area contributed by atoms with Gasteiger partial charge in [-0.15, -0.1) is 11.3 Å². The number of hydrogen-bond acceptors (Lipinski definition) is 8. The number of aliphatic hydroxyl groups is 1. The highest BCUT2D eigenvalue weighted by Crippen LogP contribution is 2.62. The second-order valence-electron chi connectivity index (χ2n) is 8.96. The predicted molar refractivity (Wildman–Crippen MR) is 121 cm³/mol. The quantitative estimate of drug-likeness (QED) is 0.553. The topological polar surface area (TPSA) is 102 Å². The fourth-order valence-corrected chi connectivity index (χ4v) is 6.46. The lowest BCUT2D eigenvalue weighted by molar-refractivity contribution is -0.134. The first-order chi connectivity index (χ1) is 15.8. The summed E-state index contributed by atoms with van der Waals surface area (Å²) >= 11 is 7.32. The molecule has 1 N–H and O–H groups in total. The second kappa shape index (κ2) is 7.20. The standard InChI is InChI=1S/C23H20ClN3O5S/c1-22-16(28)9-23(32-22,6-7-31-17-5-2-12(24)10-25-17)19-18(22)20(29)27(21(19)30)13-3-4-14-15(8-13)33-11-26-14/h2-5,8,10-11,16,18-19,28H,6-7,9H2,1H3/t16-,18-,19?,22?,23?/m0/s1. The lowest BCUT2D eigenvalue weighted by Gasteiger charge is -2.33. The summed E-state index contributed by atoms with van der Waals surface area (Å²) in [6, 6.07) is 8.70. The zero-order valence-electron chi connectivity index (χ0n) is 17.6. The van der Waals surface area contributed by atoms with Crippen LogP contribution in [0, 0.1) is 11.8 Å². The van der Waals surface area contributed by atoms with E-state index in [4.69, 9.17) is 21.1 Å².